The Morgan fingerprint density at radius 1 is 1.22 bits per heavy atom. The van der Waals surface area contributed by atoms with Gasteiger partial charge in [-0.15, -0.1) is 12.4 Å². The summed E-state index contributed by atoms with van der Waals surface area (Å²) in [5.41, 5.74) is 6.84. The van der Waals surface area contributed by atoms with Gasteiger partial charge >= 0.3 is 5.97 Å². The Morgan fingerprint density at radius 3 is 2.38 bits per heavy atom. The van der Waals surface area contributed by atoms with E-state index in [9.17, 15) is 14.4 Å². The topological polar surface area (TPSA) is 140 Å². The molecule has 1 saturated carbocycles. The summed E-state index contributed by atoms with van der Waals surface area (Å²) in [7, 11) is 1.38. The Hall–Kier alpha value is -3.20. The second kappa shape index (κ2) is 10.9. The number of nitrogens with zero attached hydrogens (tertiary/aromatic N) is 2. The van der Waals surface area contributed by atoms with Gasteiger partial charge in [0.05, 0.1) is 18.7 Å². The summed E-state index contributed by atoms with van der Waals surface area (Å²) in [4.78, 5) is 37.3. The number of rotatable bonds is 6. The number of hydrogen-bond donors (Lipinski definition) is 3. The minimum atomic E-state index is -0.452. The first kappa shape index (κ1) is 25.1. The van der Waals surface area contributed by atoms with E-state index in [1.54, 1.807) is 31.2 Å². The maximum atomic E-state index is 12.9. The Morgan fingerprint density at radius 2 is 1.84 bits per heavy atom. The molecule has 32 heavy (non-hydrogen) atoms. The average molecular weight is 462 g/mol. The quantitative estimate of drug-likeness (QED) is 0.342. The maximum Gasteiger partial charge on any atom is 0.308 e. The van der Waals surface area contributed by atoms with Crippen molar-refractivity contribution in [1.29, 1.82) is 5.41 Å². The lowest BCUT2D eigenvalue weighted by molar-refractivity contribution is -0.146. The fourth-order valence-corrected chi connectivity index (χ4v) is 3.78. The molecular weight excluding hydrogens is 434 g/mol. The molecule has 3 rings (SSSR count). The van der Waals surface area contributed by atoms with Crippen molar-refractivity contribution in [3.05, 3.63) is 51.8 Å². The molecule has 1 aliphatic carbocycles. The van der Waals surface area contributed by atoms with Crippen LogP contribution in [0.2, 0.25) is 0 Å². The molecule has 0 unspecified atom stereocenters. The zero-order chi connectivity index (χ0) is 22.5. The van der Waals surface area contributed by atoms with Gasteiger partial charge in [0.2, 0.25) is 0 Å². The molecule has 0 aliphatic heterocycles. The number of nitrogens with one attached hydrogen (secondary N) is 2. The van der Waals surface area contributed by atoms with Crippen LogP contribution in [-0.4, -0.2) is 40.6 Å². The molecule has 1 heterocycles. The lowest BCUT2D eigenvalue weighted by Gasteiger charge is -2.27. The van der Waals surface area contributed by atoms with E-state index in [4.69, 9.17) is 15.9 Å². The predicted octanol–water partition coefficient (Wildman–Crippen LogP) is 2.10. The number of methoxy groups -OCH3 is 1. The number of nitrogen functional groups attached to an aromatic ring is 1. The Labute approximate surface area is 192 Å². The van der Waals surface area contributed by atoms with Crippen LogP contribution in [0, 0.1) is 11.3 Å². The molecule has 1 fully saturated rings. The summed E-state index contributed by atoms with van der Waals surface area (Å²) in [6.45, 7) is 2.11. The van der Waals surface area contributed by atoms with Gasteiger partial charge in [0.15, 0.2) is 0 Å². The standard InChI is InChI=1S/C22H27N5O4.ClH/c1-3-27-21(29)17(12-18(26-27)13-4-6-14(7-5-13)19(23)24)20(28)25-16-10-8-15(9-11-16)22(30)31-2;/h4-7,12,15-16H,3,8-11H2,1-2H3,(H3,23,24)(H,25,28);1H/t15-,16-;. The highest BCUT2D eigenvalue weighted by atomic mass is 35.5. The first-order valence-electron chi connectivity index (χ1n) is 10.3. The molecule has 1 amide bonds. The molecule has 4 N–H and O–H groups in total. The summed E-state index contributed by atoms with van der Waals surface area (Å²) in [6, 6.07) is 8.28. The normalized spacial score (nSPS) is 17.7. The number of benzene rings is 1. The Bertz CT molecular complexity index is 1040. The van der Waals surface area contributed by atoms with E-state index in [2.05, 4.69) is 10.4 Å². The van der Waals surface area contributed by atoms with Crippen LogP contribution in [0.1, 0.15) is 48.5 Å². The van der Waals surface area contributed by atoms with Crippen LogP contribution in [0.5, 0.6) is 0 Å². The van der Waals surface area contributed by atoms with E-state index >= 15 is 0 Å². The second-order valence-corrected chi connectivity index (χ2v) is 7.60. The zero-order valence-corrected chi connectivity index (χ0v) is 18.9. The number of halogens is 1. The highest BCUT2D eigenvalue weighted by molar-refractivity contribution is 5.96. The number of aryl methyl sites for hydroxylation is 1. The lowest BCUT2D eigenvalue weighted by Crippen LogP contribution is -2.42. The Kier molecular flexibility index (Phi) is 8.54. The van der Waals surface area contributed by atoms with Gasteiger partial charge in [0, 0.05) is 23.7 Å². The number of ether oxygens (including phenoxy) is 1. The van der Waals surface area contributed by atoms with E-state index in [0.29, 0.717) is 49.0 Å². The number of amidine groups is 1. The van der Waals surface area contributed by atoms with Crippen molar-refractivity contribution < 1.29 is 14.3 Å². The van der Waals surface area contributed by atoms with E-state index in [0.717, 1.165) is 0 Å². The highest BCUT2D eigenvalue weighted by Crippen LogP contribution is 2.25. The van der Waals surface area contributed by atoms with Crippen LogP contribution in [0.15, 0.2) is 35.1 Å². The average Bonchev–Trinajstić information content (AvgIpc) is 2.79. The first-order valence-corrected chi connectivity index (χ1v) is 10.3. The van der Waals surface area contributed by atoms with E-state index in [-0.39, 0.29) is 41.7 Å². The summed E-state index contributed by atoms with van der Waals surface area (Å²) in [5.74, 6) is -0.844. The molecule has 0 radical (unpaired) electrons. The fraction of sp³-hybridized carbons (Fsp3) is 0.409. The summed E-state index contributed by atoms with van der Waals surface area (Å²) in [6.07, 6.45) is 2.58. The van der Waals surface area contributed by atoms with Crippen molar-refractivity contribution in [2.24, 2.45) is 11.7 Å². The summed E-state index contributed by atoms with van der Waals surface area (Å²) >= 11 is 0. The fourth-order valence-electron chi connectivity index (χ4n) is 3.78. The van der Waals surface area contributed by atoms with Crippen LogP contribution in [0.4, 0.5) is 0 Å². The van der Waals surface area contributed by atoms with Crippen LogP contribution in [0.25, 0.3) is 11.3 Å². The number of aromatic nitrogens is 2. The van der Waals surface area contributed by atoms with Crippen molar-refractivity contribution in [3.8, 4) is 11.3 Å². The third-order valence-electron chi connectivity index (χ3n) is 5.61. The zero-order valence-electron chi connectivity index (χ0n) is 18.1. The van der Waals surface area contributed by atoms with E-state index in [1.165, 1.54) is 17.9 Å². The molecule has 1 aromatic heterocycles. The molecule has 0 atom stereocenters. The third kappa shape index (κ3) is 5.53. The molecule has 2 aromatic rings. The molecule has 0 saturated heterocycles. The summed E-state index contributed by atoms with van der Waals surface area (Å²) in [5, 5.41) is 14.8. The molecule has 0 spiro atoms. The summed E-state index contributed by atoms with van der Waals surface area (Å²) < 4.78 is 6.06. The molecule has 1 aromatic carbocycles. The first-order chi connectivity index (χ1) is 14.8. The minimum Gasteiger partial charge on any atom is -0.469 e. The molecular formula is C22H28ClN5O4. The third-order valence-corrected chi connectivity index (χ3v) is 5.61. The van der Waals surface area contributed by atoms with Crippen molar-refractivity contribution in [1.82, 2.24) is 15.1 Å². The van der Waals surface area contributed by atoms with Crippen LogP contribution >= 0.6 is 12.4 Å². The smallest absolute Gasteiger partial charge is 0.308 e. The van der Waals surface area contributed by atoms with Gasteiger partial charge < -0.3 is 15.8 Å². The van der Waals surface area contributed by atoms with Gasteiger partial charge in [0.1, 0.15) is 11.4 Å². The second-order valence-electron chi connectivity index (χ2n) is 7.60. The molecule has 172 valence electrons. The van der Waals surface area contributed by atoms with Gasteiger partial charge in [-0.2, -0.15) is 5.10 Å². The van der Waals surface area contributed by atoms with Gasteiger partial charge in [0.25, 0.3) is 11.5 Å². The largest absolute Gasteiger partial charge is 0.469 e. The van der Waals surface area contributed by atoms with Gasteiger partial charge in [-0.25, -0.2) is 4.68 Å². The lowest BCUT2D eigenvalue weighted by atomic mass is 9.86. The van der Waals surface area contributed by atoms with Crippen LogP contribution < -0.4 is 16.6 Å². The number of amides is 1. The van der Waals surface area contributed by atoms with Crippen molar-refractivity contribution in [2.75, 3.05) is 7.11 Å². The predicted molar refractivity (Wildman–Crippen MR) is 123 cm³/mol. The van der Waals surface area contributed by atoms with Crippen LogP contribution in [-0.2, 0) is 16.1 Å². The van der Waals surface area contributed by atoms with Crippen LogP contribution in [0.3, 0.4) is 0 Å². The SMILES string of the molecule is CCn1nc(-c2ccc(C(=N)N)cc2)cc(C(=O)N[C@H]2CC[C@H](C(=O)OC)CC2)c1=O.Cl. The minimum absolute atomic E-state index is 0. The van der Waals surface area contributed by atoms with Crippen molar-refractivity contribution in [3.63, 3.8) is 0 Å². The number of nitrogens with two attached hydrogens (primary N) is 1. The van der Waals surface area contributed by atoms with E-state index in [1.807, 2.05) is 0 Å². The number of carbonyl (C=O) groups excluding carboxylic acids is 2. The number of esters is 1. The number of hydrogen-bond acceptors (Lipinski definition) is 6. The van der Waals surface area contributed by atoms with Crippen molar-refractivity contribution >= 4 is 30.1 Å². The van der Waals surface area contributed by atoms with Gasteiger partial charge in [-0.1, -0.05) is 24.3 Å². The molecule has 0 bridgehead atoms. The maximum absolute atomic E-state index is 12.9. The molecule has 1 aliphatic rings. The van der Waals surface area contributed by atoms with E-state index < -0.39 is 11.5 Å². The highest BCUT2D eigenvalue weighted by Gasteiger charge is 2.28. The molecule has 10 heteroatoms. The number of carbonyl (C=O) groups is 2. The monoisotopic (exact) mass is 461 g/mol. The van der Waals surface area contributed by atoms with Crippen molar-refractivity contribution in [2.45, 2.75) is 45.2 Å². The molecule has 9 nitrogen and oxygen atoms in total. The Balaban J connectivity index is 0.00000363. The van der Waals surface area contributed by atoms with Gasteiger partial charge in [-0.05, 0) is 38.7 Å². The van der Waals surface area contributed by atoms with Gasteiger partial charge in [-0.3, -0.25) is 19.8 Å².